The van der Waals surface area contributed by atoms with E-state index in [4.69, 9.17) is 21.4 Å². The van der Waals surface area contributed by atoms with E-state index in [0.29, 0.717) is 26.5 Å². The van der Waals surface area contributed by atoms with Crippen LogP contribution in [0.25, 0.3) is 6.08 Å². The van der Waals surface area contributed by atoms with Gasteiger partial charge in [-0.3, -0.25) is 4.79 Å². The number of carboxylic acids is 1. The number of carbonyl (C=O) groups is 2. The number of aromatic carboxylic acids is 1. The summed E-state index contributed by atoms with van der Waals surface area (Å²) in [6.45, 7) is 2.18. The number of aryl methyl sites for hydroxylation is 1. The molecule has 4 rings (SSSR count). The summed E-state index contributed by atoms with van der Waals surface area (Å²) in [7, 11) is 0. The minimum absolute atomic E-state index is 0.211. The molecule has 2 N–H and O–H groups in total. The molecule has 0 radical (unpaired) electrons. The Kier molecular flexibility index (Phi) is 6.82. The number of amidine groups is 1. The lowest BCUT2D eigenvalue weighted by atomic mass is 10.1. The normalized spacial score (nSPS) is 15.6. The summed E-state index contributed by atoms with van der Waals surface area (Å²) in [6, 6.07) is 19.4. The van der Waals surface area contributed by atoms with E-state index >= 15 is 0 Å². The Bertz CT molecular complexity index is 1290. The highest BCUT2D eigenvalue weighted by Gasteiger charge is 2.24. The van der Waals surface area contributed by atoms with Gasteiger partial charge in [0.15, 0.2) is 5.17 Å². The van der Waals surface area contributed by atoms with E-state index in [1.807, 2.05) is 31.2 Å². The largest absolute Gasteiger partial charge is 0.489 e. The molecule has 3 aromatic carbocycles. The summed E-state index contributed by atoms with van der Waals surface area (Å²) in [4.78, 5) is 28.5. The zero-order valence-electron chi connectivity index (χ0n) is 17.5. The van der Waals surface area contributed by atoms with Crippen molar-refractivity contribution in [3.8, 4) is 5.75 Å². The molecule has 1 fully saturated rings. The Morgan fingerprint density at radius 1 is 1.15 bits per heavy atom. The van der Waals surface area contributed by atoms with E-state index in [-0.39, 0.29) is 18.1 Å². The molecule has 0 aromatic heterocycles. The average Bonchev–Trinajstić information content (AvgIpc) is 3.14. The molecule has 1 saturated heterocycles. The van der Waals surface area contributed by atoms with E-state index in [1.165, 1.54) is 17.8 Å². The fourth-order valence-corrected chi connectivity index (χ4v) is 4.07. The van der Waals surface area contributed by atoms with Crippen LogP contribution in [0.2, 0.25) is 5.02 Å². The van der Waals surface area contributed by atoms with Gasteiger partial charge in [0.2, 0.25) is 0 Å². The van der Waals surface area contributed by atoms with Crippen LogP contribution in [0.5, 0.6) is 5.75 Å². The first-order valence-electron chi connectivity index (χ1n) is 9.98. The molecule has 8 heteroatoms. The van der Waals surface area contributed by atoms with Crippen LogP contribution in [-0.4, -0.2) is 22.2 Å². The van der Waals surface area contributed by atoms with Crippen molar-refractivity contribution in [1.29, 1.82) is 0 Å². The fourth-order valence-electron chi connectivity index (χ4n) is 3.07. The van der Waals surface area contributed by atoms with Gasteiger partial charge in [-0.15, -0.1) is 0 Å². The highest BCUT2D eigenvalue weighted by molar-refractivity contribution is 8.18. The standard InChI is InChI=1S/C25H19ClN2O4S/c1-15-5-8-19(26)13-21(15)27-25-28-23(29)22(33-25)12-16-6-9-20(10-7-16)32-14-17-3-2-4-18(11-17)24(30)31/h2-13H,14H2,1H3,(H,30,31)(H,27,28,29)/b22-12-. The van der Waals surface area contributed by atoms with E-state index in [2.05, 4.69) is 10.3 Å². The third kappa shape index (κ3) is 5.83. The van der Waals surface area contributed by atoms with Crippen molar-refractivity contribution in [2.45, 2.75) is 13.5 Å². The van der Waals surface area contributed by atoms with Crippen molar-refractivity contribution in [2.24, 2.45) is 4.99 Å². The lowest BCUT2D eigenvalue weighted by Gasteiger charge is -2.07. The smallest absolute Gasteiger partial charge is 0.335 e. The Labute approximate surface area is 200 Å². The third-order valence-electron chi connectivity index (χ3n) is 4.80. The quantitative estimate of drug-likeness (QED) is 0.436. The molecule has 0 saturated carbocycles. The number of thioether (sulfide) groups is 1. The summed E-state index contributed by atoms with van der Waals surface area (Å²) in [5, 5.41) is 12.9. The number of nitrogens with zero attached hydrogens (tertiary/aromatic N) is 1. The number of carboxylic acid groups (broad SMARTS) is 1. The molecule has 166 valence electrons. The minimum Gasteiger partial charge on any atom is -0.489 e. The van der Waals surface area contributed by atoms with Crippen LogP contribution in [0, 0.1) is 6.92 Å². The van der Waals surface area contributed by atoms with Gasteiger partial charge in [-0.25, -0.2) is 9.79 Å². The van der Waals surface area contributed by atoms with Crippen LogP contribution in [-0.2, 0) is 11.4 Å². The van der Waals surface area contributed by atoms with Crippen molar-refractivity contribution >= 4 is 52.2 Å². The predicted molar refractivity (Wildman–Crippen MR) is 131 cm³/mol. The minimum atomic E-state index is -0.973. The molecule has 1 heterocycles. The second-order valence-electron chi connectivity index (χ2n) is 7.28. The third-order valence-corrected chi connectivity index (χ3v) is 5.95. The number of aliphatic imine (C=N–C) groups is 1. The monoisotopic (exact) mass is 478 g/mol. The molecule has 6 nitrogen and oxygen atoms in total. The van der Waals surface area contributed by atoms with Crippen molar-refractivity contribution in [2.75, 3.05) is 0 Å². The summed E-state index contributed by atoms with van der Waals surface area (Å²) in [6.07, 6.45) is 1.79. The van der Waals surface area contributed by atoms with Gasteiger partial charge in [0.1, 0.15) is 12.4 Å². The second-order valence-corrected chi connectivity index (χ2v) is 8.74. The molecule has 0 spiro atoms. The topological polar surface area (TPSA) is 88.0 Å². The molecule has 1 aliphatic heterocycles. The van der Waals surface area contributed by atoms with Crippen molar-refractivity contribution < 1.29 is 19.4 Å². The van der Waals surface area contributed by atoms with Gasteiger partial charge in [0.05, 0.1) is 16.2 Å². The number of ether oxygens (including phenoxy) is 1. The second kappa shape index (κ2) is 9.94. The number of halogens is 1. The number of hydrogen-bond donors (Lipinski definition) is 2. The number of benzene rings is 3. The Morgan fingerprint density at radius 3 is 2.70 bits per heavy atom. The lowest BCUT2D eigenvalue weighted by molar-refractivity contribution is -0.115. The summed E-state index contributed by atoms with van der Waals surface area (Å²) < 4.78 is 5.75. The number of hydrogen-bond acceptors (Lipinski definition) is 5. The van der Waals surface area contributed by atoms with Gasteiger partial charge in [-0.05, 0) is 77.9 Å². The number of carbonyl (C=O) groups excluding carboxylic acids is 1. The molecule has 0 aliphatic carbocycles. The van der Waals surface area contributed by atoms with E-state index < -0.39 is 5.97 Å². The van der Waals surface area contributed by atoms with Crippen LogP contribution >= 0.6 is 23.4 Å². The summed E-state index contributed by atoms with van der Waals surface area (Å²) in [5.41, 5.74) is 3.50. The molecule has 0 bridgehead atoms. The molecule has 33 heavy (non-hydrogen) atoms. The summed E-state index contributed by atoms with van der Waals surface area (Å²) >= 11 is 7.31. The van der Waals surface area contributed by atoms with Crippen LogP contribution < -0.4 is 10.1 Å². The average molecular weight is 479 g/mol. The van der Waals surface area contributed by atoms with Gasteiger partial charge >= 0.3 is 5.97 Å². The highest BCUT2D eigenvalue weighted by atomic mass is 35.5. The first-order chi connectivity index (χ1) is 15.9. The van der Waals surface area contributed by atoms with Gasteiger partial charge in [0, 0.05) is 5.02 Å². The zero-order valence-corrected chi connectivity index (χ0v) is 19.1. The van der Waals surface area contributed by atoms with Crippen molar-refractivity contribution in [3.63, 3.8) is 0 Å². The summed E-state index contributed by atoms with van der Waals surface area (Å²) in [5.74, 6) is -0.545. The highest BCUT2D eigenvalue weighted by Crippen LogP contribution is 2.30. The van der Waals surface area contributed by atoms with Crippen LogP contribution in [0.4, 0.5) is 5.69 Å². The van der Waals surface area contributed by atoms with Gasteiger partial charge in [-0.2, -0.15) is 0 Å². The van der Waals surface area contributed by atoms with Gasteiger partial charge < -0.3 is 15.2 Å². The molecule has 0 unspecified atom stereocenters. The Morgan fingerprint density at radius 2 is 1.94 bits per heavy atom. The number of rotatable bonds is 6. The maximum Gasteiger partial charge on any atom is 0.335 e. The Balaban J connectivity index is 1.42. The van der Waals surface area contributed by atoms with Crippen LogP contribution in [0.3, 0.4) is 0 Å². The SMILES string of the molecule is Cc1ccc(Cl)cc1N=C1NC(=O)/C(=C/c2ccc(OCc3cccc(C(=O)O)c3)cc2)S1. The van der Waals surface area contributed by atoms with E-state index in [1.54, 1.807) is 42.5 Å². The van der Waals surface area contributed by atoms with Crippen molar-refractivity contribution in [3.05, 3.63) is 98.9 Å². The van der Waals surface area contributed by atoms with E-state index in [0.717, 1.165) is 16.7 Å². The van der Waals surface area contributed by atoms with Crippen molar-refractivity contribution in [1.82, 2.24) is 5.32 Å². The molecule has 0 atom stereocenters. The number of nitrogens with one attached hydrogen (secondary N) is 1. The molecular weight excluding hydrogens is 460 g/mol. The van der Waals surface area contributed by atoms with E-state index in [9.17, 15) is 9.59 Å². The molecule has 1 aliphatic rings. The van der Waals surface area contributed by atoms with Crippen LogP contribution in [0.1, 0.15) is 27.0 Å². The Hall–Kier alpha value is -3.55. The van der Waals surface area contributed by atoms with Gasteiger partial charge in [-0.1, -0.05) is 41.9 Å². The van der Waals surface area contributed by atoms with Crippen LogP contribution in [0.15, 0.2) is 76.6 Å². The first-order valence-corrected chi connectivity index (χ1v) is 11.2. The number of amides is 1. The zero-order chi connectivity index (χ0) is 23.4. The first kappa shape index (κ1) is 22.6. The maximum absolute atomic E-state index is 12.4. The maximum atomic E-state index is 12.4. The fraction of sp³-hybridized carbons (Fsp3) is 0.0800. The predicted octanol–water partition coefficient (Wildman–Crippen LogP) is 5.82. The van der Waals surface area contributed by atoms with Gasteiger partial charge in [0.25, 0.3) is 5.91 Å². The molecule has 3 aromatic rings. The lowest BCUT2D eigenvalue weighted by Crippen LogP contribution is -2.19. The molecule has 1 amide bonds. The molecular formula is C25H19ClN2O4S.